The van der Waals surface area contributed by atoms with Crippen LogP contribution in [0.3, 0.4) is 0 Å². The minimum atomic E-state index is 0. The van der Waals surface area contributed by atoms with E-state index in [0.29, 0.717) is 5.92 Å². The molecule has 1 aromatic heterocycles. The molecule has 2 aromatic rings. The molecular formula is C19H27IN4. The molecule has 1 heterocycles. The van der Waals surface area contributed by atoms with Gasteiger partial charge in [-0.2, -0.15) is 0 Å². The fraction of sp³-hybridized carbons (Fsp3) is 0.368. The Balaban J connectivity index is 0.00000288. The van der Waals surface area contributed by atoms with Crippen molar-refractivity contribution in [3.8, 4) is 11.3 Å². The smallest absolute Gasteiger partial charge is 0.191 e. The second-order valence-electron chi connectivity index (χ2n) is 5.95. The lowest BCUT2D eigenvalue weighted by Crippen LogP contribution is -2.37. The molecule has 2 rings (SSSR count). The van der Waals surface area contributed by atoms with Crippen molar-refractivity contribution in [2.75, 3.05) is 13.6 Å². The van der Waals surface area contributed by atoms with Gasteiger partial charge in [-0.15, -0.1) is 24.0 Å². The number of nitrogens with zero attached hydrogens (tertiary/aromatic N) is 2. The molecule has 5 heteroatoms. The first-order chi connectivity index (χ1) is 11.2. The fourth-order valence-electron chi connectivity index (χ4n) is 2.26. The first kappa shape index (κ1) is 20.4. The fourth-order valence-corrected chi connectivity index (χ4v) is 2.26. The van der Waals surface area contributed by atoms with Crippen LogP contribution < -0.4 is 10.6 Å². The molecule has 0 unspecified atom stereocenters. The van der Waals surface area contributed by atoms with Crippen LogP contribution in [0.25, 0.3) is 11.3 Å². The van der Waals surface area contributed by atoms with Gasteiger partial charge >= 0.3 is 0 Å². The molecule has 4 nitrogen and oxygen atoms in total. The summed E-state index contributed by atoms with van der Waals surface area (Å²) >= 11 is 0. The zero-order chi connectivity index (χ0) is 16.5. The van der Waals surface area contributed by atoms with Crippen LogP contribution in [0.5, 0.6) is 0 Å². The lowest BCUT2D eigenvalue weighted by molar-refractivity contribution is 0.573. The molecule has 0 fully saturated rings. The van der Waals surface area contributed by atoms with E-state index in [1.807, 2.05) is 24.4 Å². The molecule has 130 valence electrons. The molecule has 0 aliphatic carbocycles. The molecule has 0 spiro atoms. The number of halogens is 1. The highest BCUT2D eigenvalue weighted by Gasteiger charge is 2.02. The third kappa shape index (κ3) is 6.86. The molecular weight excluding hydrogens is 411 g/mol. The van der Waals surface area contributed by atoms with Crippen LogP contribution in [-0.4, -0.2) is 24.5 Å². The monoisotopic (exact) mass is 438 g/mol. The summed E-state index contributed by atoms with van der Waals surface area (Å²) in [5.41, 5.74) is 3.33. The van der Waals surface area contributed by atoms with Gasteiger partial charge in [0, 0.05) is 31.9 Å². The zero-order valence-electron chi connectivity index (χ0n) is 14.6. The van der Waals surface area contributed by atoms with E-state index in [1.54, 1.807) is 7.05 Å². The minimum Gasteiger partial charge on any atom is -0.356 e. The van der Waals surface area contributed by atoms with Gasteiger partial charge in [-0.25, -0.2) is 0 Å². The van der Waals surface area contributed by atoms with E-state index in [0.717, 1.165) is 36.7 Å². The van der Waals surface area contributed by atoms with Crippen LogP contribution >= 0.6 is 24.0 Å². The number of pyridine rings is 1. The number of rotatable bonds is 6. The van der Waals surface area contributed by atoms with Crippen LogP contribution in [0.15, 0.2) is 53.7 Å². The van der Waals surface area contributed by atoms with Crippen LogP contribution in [0.1, 0.15) is 25.8 Å². The number of aromatic nitrogens is 1. The highest BCUT2D eigenvalue weighted by atomic mass is 127. The van der Waals surface area contributed by atoms with Crippen molar-refractivity contribution in [1.82, 2.24) is 15.6 Å². The summed E-state index contributed by atoms with van der Waals surface area (Å²) in [5, 5.41) is 6.70. The zero-order valence-corrected chi connectivity index (χ0v) is 17.0. The average Bonchev–Trinajstić information content (AvgIpc) is 2.58. The maximum atomic E-state index is 4.40. The Morgan fingerprint density at radius 3 is 2.62 bits per heavy atom. The van der Waals surface area contributed by atoms with E-state index in [9.17, 15) is 0 Å². The molecule has 24 heavy (non-hydrogen) atoms. The van der Waals surface area contributed by atoms with E-state index < -0.39 is 0 Å². The Morgan fingerprint density at radius 2 is 1.96 bits per heavy atom. The molecule has 0 aliphatic rings. The Kier molecular flexibility index (Phi) is 9.37. The van der Waals surface area contributed by atoms with Crippen molar-refractivity contribution in [2.45, 2.75) is 26.8 Å². The molecule has 0 aliphatic heterocycles. The minimum absolute atomic E-state index is 0. The van der Waals surface area contributed by atoms with E-state index in [4.69, 9.17) is 0 Å². The van der Waals surface area contributed by atoms with Gasteiger partial charge in [0.05, 0.1) is 5.69 Å². The second-order valence-corrected chi connectivity index (χ2v) is 5.95. The van der Waals surface area contributed by atoms with Crippen LogP contribution in [0.2, 0.25) is 0 Å². The molecule has 0 amide bonds. The molecule has 0 radical (unpaired) electrons. The van der Waals surface area contributed by atoms with Gasteiger partial charge < -0.3 is 10.6 Å². The van der Waals surface area contributed by atoms with E-state index >= 15 is 0 Å². The van der Waals surface area contributed by atoms with E-state index in [2.05, 4.69) is 58.7 Å². The first-order valence-electron chi connectivity index (χ1n) is 8.14. The normalized spacial score (nSPS) is 11.1. The summed E-state index contributed by atoms with van der Waals surface area (Å²) in [6.45, 7) is 6.12. The lowest BCUT2D eigenvalue weighted by atomic mass is 10.1. The quantitative estimate of drug-likeness (QED) is 0.406. The molecule has 2 N–H and O–H groups in total. The second kappa shape index (κ2) is 11.0. The summed E-state index contributed by atoms with van der Waals surface area (Å²) in [5.74, 6) is 1.53. The van der Waals surface area contributed by atoms with Gasteiger partial charge in [-0.05, 0) is 36.1 Å². The largest absolute Gasteiger partial charge is 0.356 e. The predicted molar refractivity (Wildman–Crippen MR) is 113 cm³/mol. The van der Waals surface area contributed by atoms with Crippen LogP contribution in [0, 0.1) is 5.92 Å². The Hall–Kier alpha value is -1.63. The topological polar surface area (TPSA) is 49.3 Å². The van der Waals surface area contributed by atoms with Crippen LogP contribution in [-0.2, 0) is 6.54 Å². The number of hydrogen-bond donors (Lipinski definition) is 2. The number of guanidine groups is 1. The van der Waals surface area contributed by atoms with Gasteiger partial charge in [0.2, 0.25) is 0 Å². The van der Waals surface area contributed by atoms with Crippen molar-refractivity contribution < 1.29 is 0 Å². The van der Waals surface area contributed by atoms with Gasteiger partial charge in [-0.3, -0.25) is 9.98 Å². The summed E-state index contributed by atoms with van der Waals surface area (Å²) in [4.78, 5) is 8.66. The third-order valence-corrected chi connectivity index (χ3v) is 3.59. The highest BCUT2D eigenvalue weighted by Crippen LogP contribution is 2.17. The van der Waals surface area contributed by atoms with Crippen molar-refractivity contribution in [1.29, 1.82) is 0 Å². The predicted octanol–water partition coefficient (Wildman–Crippen LogP) is 4.08. The van der Waals surface area contributed by atoms with E-state index in [-0.39, 0.29) is 24.0 Å². The molecule has 0 saturated carbocycles. The number of nitrogens with one attached hydrogen (secondary N) is 2. The number of aliphatic imine (C=N–C) groups is 1. The van der Waals surface area contributed by atoms with Gasteiger partial charge in [0.15, 0.2) is 5.96 Å². The van der Waals surface area contributed by atoms with Crippen molar-refractivity contribution in [2.24, 2.45) is 10.9 Å². The lowest BCUT2D eigenvalue weighted by Gasteiger charge is -2.13. The average molecular weight is 438 g/mol. The Morgan fingerprint density at radius 1 is 1.12 bits per heavy atom. The summed E-state index contributed by atoms with van der Waals surface area (Å²) in [6.07, 6.45) is 2.95. The highest BCUT2D eigenvalue weighted by molar-refractivity contribution is 14.0. The Bertz CT molecular complexity index is 626. The maximum absolute atomic E-state index is 4.40. The third-order valence-electron chi connectivity index (χ3n) is 3.59. The number of benzene rings is 1. The molecule has 1 aromatic carbocycles. The first-order valence-corrected chi connectivity index (χ1v) is 8.14. The maximum Gasteiger partial charge on any atom is 0.191 e. The van der Waals surface area contributed by atoms with Crippen molar-refractivity contribution >= 4 is 29.9 Å². The van der Waals surface area contributed by atoms with Gasteiger partial charge in [0.25, 0.3) is 0 Å². The molecule has 0 saturated heterocycles. The van der Waals surface area contributed by atoms with Crippen LogP contribution in [0.4, 0.5) is 0 Å². The van der Waals surface area contributed by atoms with Crippen molar-refractivity contribution in [3.63, 3.8) is 0 Å². The molecule has 0 bridgehead atoms. The van der Waals surface area contributed by atoms with Gasteiger partial charge in [0.1, 0.15) is 0 Å². The standard InChI is InChI=1S/C19H26N4.HI/c1-15(2)10-12-22-19(20-3)23-14-16-7-6-8-17(13-16)18-9-4-5-11-21-18;/h4-9,11,13,15H,10,12,14H2,1-3H3,(H2,20,22,23);1H. The number of hydrogen-bond acceptors (Lipinski definition) is 2. The summed E-state index contributed by atoms with van der Waals surface area (Å²) in [7, 11) is 1.80. The summed E-state index contributed by atoms with van der Waals surface area (Å²) in [6, 6.07) is 14.4. The van der Waals surface area contributed by atoms with Crippen molar-refractivity contribution in [3.05, 3.63) is 54.2 Å². The Labute approximate surface area is 162 Å². The van der Waals surface area contributed by atoms with Gasteiger partial charge in [-0.1, -0.05) is 38.1 Å². The summed E-state index contributed by atoms with van der Waals surface area (Å²) < 4.78 is 0. The van der Waals surface area contributed by atoms with E-state index in [1.165, 1.54) is 5.56 Å². The molecule has 0 atom stereocenters. The SMILES string of the molecule is CN=C(NCCC(C)C)NCc1cccc(-c2ccccn2)c1.I.